The van der Waals surface area contributed by atoms with Gasteiger partial charge in [0.1, 0.15) is 0 Å². The molecule has 0 unspecified atom stereocenters. The molecular weight excluding hydrogens is 350 g/mol. The van der Waals surface area contributed by atoms with Crippen LogP contribution in [0.25, 0.3) is 5.65 Å². The van der Waals surface area contributed by atoms with Crippen LogP contribution in [0.5, 0.6) is 0 Å². The van der Waals surface area contributed by atoms with Gasteiger partial charge >= 0.3 is 0 Å². The standard InChI is InChI=1S/C21H29N7/c1-21(2,3)18-7-8-19-24-25-20(28(19)26-18)14-9-11-27(12-10-14)13-17-15-5-4-6-16(15)22-23-17/h7-8,14H,4-6,9-13H2,1-3H3,(H,22,23). The van der Waals surface area contributed by atoms with Crippen molar-refractivity contribution in [2.45, 2.75) is 70.8 Å². The lowest BCUT2D eigenvalue weighted by Gasteiger charge is -2.30. The largest absolute Gasteiger partial charge is 0.297 e. The number of aromatic amines is 1. The van der Waals surface area contributed by atoms with Crippen LogP contribution in [0.4, 0.5) is 0 Å². The Morgan fingerprint density at radius 2 is 1.93 bits per heavy atom. The number of rotatable bonds is 3. The van der Waals surface area contributed by atoms with Crippen molar-refractivity contribution in [3.8, 4) is 0 Å². The van der Waals surface area contributed by atoms with E-state index in [-0.39, 0.29) is 5.41 Å². The van der Waals surface area contributed by atoms with Crippen molar-refractivity contribution in [1.82, 2.24) is 34.9 Å². The fraction of sp³-hybridized carbons (Fsp3) is 0.619. The van der Waals surface area contributed by atoms with Gasteiger partial charge in [-0.3, -0.25) is 10.00 Å². The van der Waals surface area contributed by atoms with E-state index in [9.17, 15) is 0 Å². The quantitative estimate of drug-likeness (QED) is 0.757. The van der Waals surface area contributed by atoms with Crippen LogP contribution in [0.1, 0.15) is 74.4 Å². The maximum Gasteiger partial charge on any atom is 0.177 e. The number of aryl methyl sites for hydroxylation is 1. The van der Waals surface area contributed by atoms with Crippen molar-refractivity contribution in [3.05, 3.63) is 40.6 Å². The molecule has 4 heterocycles. The van der Waals surface area contributed by atoms with E-state index in [1.807, 2.05) is 10.6 Å². The molecule has 7 heteroatoms. The molecule has 1 aliphatic heterocycles. The van der Waals surface area contributed by atoms with Gasteiger partial charge in [-0.25, -0.2) is 0 Å². The van der Waals surface area contributed by atoms with E-state index >= 15 is 0 Å². The molecule has 1 saturated heterocycles. The molecule has 3 aromatic rings. The lowest BCUT2D eigenvalue weighted by molar-refractivity contribution is 0.198. The van der Waals surface area contributed by atoms with Crippen LogP contribution < -0.4 is 0 Å². The second-order valence-electron chi connectivity index (χ2n) is 9.33. The first-order valence-corrected chi connectivity index (χ1v) is 10.5. The van der Waals surface area contributed by atoms with E-state index < -0.39 is 0 Å². The van der Waals surface area contributed by atoms with Gasteiger partial charge in [0.05, 0.1) is 11.4 Å². The highest BCUT2D eigenvalue weighted by Crippen LogP contribution is 2.30. The highest BCUT2D eigenvalue weighted by molar-refractivity contribution is 5.38. The summed E-state index contributed by atoms with van der Waals surface area (Å²) in [6.45, 7) is 9.67. The maximum atomic E-state index is 4.86. The molecular formula is C21H29N7. The Bertz CT molecular complexity index is 986. The number of likely N-dealkylation sites (tertiary alicyclic amines) is 1. The minimum Gasteiger partial charge on any atom is -0.297 e. The number of nitrogens with one attached hydrogen (secondary N) is 1. The molecule has 0 saturated carbocycles. The highest BCUT2D eigenvalue weighted by Gasteiger charge is 2.27. The highest BCUT2D eigenvalue weighted by atomic mass is 15.4. The molecule has 3 aromatic heterocycles. The van der Waals surface area contributed by atoms with E-state index in [1.165, 1.54) is 29.8 Å². The average molecular weight is 380 g/mol. The van der Waals surface area contributed by atoms with Crippen molar-refractivity contribution in [2.24, 2.45) is 0 Å². The minimum absolute atomic E-state index is 0.0168. The molecule has 2 aliphatic rings. The lowest BCUT2D eigenvalue weighted by Crippen LogP contribution is -2.33. The Morgan fingerprint density at radius 1 is 1.11 bits per heavy atom. The molecule has 1 aliphatic carbocycles. The third kappa shape index (κ3) is 3.11. The summed E-state index contributed by atoms with van der Waals surface area (Å²) < 4.78 is 1.97. The van der Waals surface area contributed by atoms with E-state index in [0.717, 1.165) is 56.1 Å². The van der Waals surface area contributed by atoms with Gasteiger partial charge in [0.25, 0.3) is 0 Å². The lowest BCUT2D eigenvalue weighted by atomic mass is 9.92. The summed E-state index contributed by atoms with van der Waals surface area (Å²) in [7, 11) is 0. The third-order valence-electron chi connectivity index (χ3n) is 6.27. The molecule has 0 radical (unpaired) electrons. The minimum atomic E-state index is 0.0168. The van der Waals surface area contributed by atoms with Crippen molar-refractivity contribution in [1.29, 1.82) is 0 Å². The number of nitrogens with zero attached hydrogens (tertiary/aromatic N) is 6. The van der Waals surface area contributed by atoms with Crippen molar-refractivity contribution in [2.75, 3.05) is 13.1 Å². The smallest absolute Gasteiger partial charge is 0.177 e. The Hall–Kier alpha value is -2.28. The molecule has 0 amide bonds. The van der Waals surface area contributed by atoms with Gasteiger partial charge in [-0.2, -0.15) is 14.7 Å². The van der Waals surface area contributed by atoms with E-state index in [0.29, 0.717) is 5.92 Å². The maximum absolute atomic E-state index is 4.86. The molecule has 7 nitrogen and oxygen atoms in total. The second-order valence-corrected chi connectivity index (χ2v) is 9.33. The van der Waals surface area contributed by atoms with Crippen molar-refractivity contribution in [3.63, 3.8) is 0 Å². The normalized spacial score (nSPS) is 18.8. The molecule has 5 rings (SSSR count). The van der Waals surface area contributed by atoms with Gasteiger partial charge in [-0.15, -0.1) is 10.2 Å². The van der Waals surface area contributed by atoms with Gasteiger partial charge in [0, 0.05) is 23.6 Å². The van der Waals surface area contributed by atoms with Crippen LogP contribution in [0, 0.1) is 0 Å². The number of piperidine rings is 1. The number of hydrogen-bond acceptors (Lipinski definition) is 5. The molecule has 0 atom stereocenters. The third-order valence-corrected chi connectivity index (χ3v) is 6.27. The zero-order valence-electron chi connectivity index (χ0n) is 17.1. The molecule has 1 N–H and O–H groups in total. The Labute approximate surface area is 165 Å². The molecule has 1 fully saturated rings. The Kier molecular flexibility index (Phi) is 4.23. The van der Waals surface area contributed by atoms with E-state index in [1.54, 1.807) is 0 Å². The molecule has 148 valence electrons. The summed E-state index contributed by atoms with van der Waals surface area (Å²) in [6.07, 6.45) is 5.80. The van der Waals surface area contributed by atoms with Crippen LogP contribution in [-0.2, 0) is 24.8 Å². The van der Waals surface area contributed by atoms with E-state index in [2.05, 4.69) is 52.1 Å². The Morgan fingerprint density at radius 3 is 2.71 bits per heavy atom. The predicted molar refractivity (Wildman–Crippen MR) is 107 cm³/mol. The number of H-pyrrole nitrogens is 1. The van der Waals surface area contributed by atoms with Crippen LogP contribution in [-0.4, -0.2) is 48.0 Å². The fourth-order valence-corrected chi connectivity index (χ4v) is 4.54. The van der Waals surface area contributed by atoms with Crippen LogP contribution in [0.15, 0.2) is 12.1 Å². The summed E-state index contributed by atoms with van der Waals surface area (Å²) in [6, 6.07) is 4.11. The van der Waals surface area contributed by atoms with Crippen molar-refractivity contribution < 1.29 is 0 Å². The zero-order valence-corrected chi connectivity index (χ0v) is 17.1. The van der Waals surface area contributed by atoms with Crippen LogP contribution >= 0.6 is 0 Å². The molecule has 0 spiro atoms. The first-order valence-electron chi connectivity index (χ1n) is 10.5. The summed E-state index contributed by atoms with van der Waals surface area (Å²) in [4.78, 5) is 2.53. The monoisotopic (exact) mass is 379 g/mol. The van der Waals surface area contributed by atoms with Gasteiger partial charge in [0.2, 0.25) is 0 Å². The fourth-order valence-electron chi connectivity index (χ4n) is 4.54. The van der Waals surface area contributed by atoms with Crippen molar-refractivity contribution >= 4 is 5.65 Å². The zero-order chi connectivity index (χ0) is 19.3. The number of fused-ring (bicyclic) bond motifs is 2. The second kappa shape index (κ2) is 6.65. The average Bonchev–Trinajstić information content (AvgIpc) is 3.38. The van der Waals surface area contributed by atoms with Crippen LogP contribution in [0.3, 0.4) is 0 Å². The number of aromatic nitrogens is 6. The SMILES string of the molecule is CC(C)(C)c1ccc2nnc(C3CCN(Cc4n[nH]c5c4CCC5)CC3)n2n1. The first-order chi connectivity index (χ1) is 13.5. The summed E-state index contributed by atoms with van der Waals surface area (Å²) in [5.41, 5.74) is 6.03. The molecule has 0 aromatic carbocycles. The summed E-state index contributed by atoms with van der Waals surface area (Å²) in [5.74, 6) is 1.43. The van der Waals surface area contributed by atoms with Gasteiger partial charge in [-0.05, 0) is 62.9 Å². The van der Waals surface area contributed by atoms with E-state index in [4.69, 9.17) is 5.10 Å². The molecule has 0 bridgehead atoms. The summed E-state index contributed by atoms with van der Waals surface area (Å²) in [5, 5.41) is 21.5. The van der Waals surface area contributed by atoms with Gasteiger partial charge in [-0.1, -0.05) is 20.8 Å². The first kappa shape index (κ1) is 17.8. The predicted octanol–water partition coefficient (Wildman–Crippen LogP) is 3.01. The van der Waals surface area contributed by atoms with Gasteiger partial charge < -0.3 is 0 Å². The topological polar surface area (TPSA) is 75.0 Å². The number of hydrogen-bond donors (Lipinski definition) is 1. The van der Waals surface area contributed by atoms with Crippen LogP contribution in [0.2, 0.25) is 0 Å². The molecule has 28 heavy (non-hydrogen) atoms. The Balaban J connectivity index is 1.30. The summed E-state index contributed by atoms with van der Waals surface area (Å²) >= 11 is 0. The van der Waals surface area contributed by atoms with Gasteiger partial charge in [0.15, 0.2) is 11.5 Å².